The van der Waals surface area contributed by atoms with Crippen LogP contribution in [-0.2, 0) is 15.4 Å². The van der Waals surface area contributed by atoms with Crippen LogP contribution in [0.2, 0.25) is 0 Å². The Bertz CT molecular complexity index is 489. The van der Waals surface area contributed by atoms with E-state index >= 15 is 0 Å². The van der Waals surface area contributed by atoms with E-state index in [4.69, 9.17) is 0 Å². The first-order valence-electron chi connectivity index (χ1n) is 4.87. The summed E-state index contributed by atoms with van der Waals surface area (Å²) in [5.74, 6) is -0.558. The minimum atomic E-state index is -3.44. The standard InChI is InChI=1S/C11H16FNO2S/c1-11(2,3)8-5-6-10(9(12)7-8)13-16(4,14)15/h5-7,13H,1-4H3. The molecule has 16 heavy (non-hydrogen) atoms. The number of halogens is 1. The quantitative estimate of drug-likeness (QED) is 0.870. The second-order valence-corrected chi connectivity index (χ2v) is 6.57. The molecule has 0 radical (unpaired) electrons. The number of hydrogen-bond donors (Lipinski definition) is 1. The summed E-state index contributed by atoms with van der Waals surface area (Å²) >= 11 is 0. The zero-order valence-electron chi connectivity index (χ0n) is 9.83. The van der Waals surface area contributed by atoms with Crippen molar-refractivity contribution in [1.82, 2.24) is 0 Å². The zero-order chi connectivity index (χ0) is 12.6. The number of benzene rings is 1. The van der Waals surface area contributed by atoms with Gasteiger partial charge in [0.1, 0.15) is 5.82 Å². The molecule has 0 aliphatic carbocycles. The van der Waals surface area contributed by atoms with E-state index in [9.17, 15) is 12.8 Å². The zero-order valence-corrected chi connectivity index (χ0v) is 10.7. The fourth-order valence-corrected chi connectivity index (χ4v) is 1.83. The van der Waals surface area contributed by atoms with E-state index in [1.165, 1.54) is 12.1 Å². The number of sulfonamides is 1. The number of rotatable bonds is 2. The average molecular weight is 245 g/mol. The second kappa shape index (κ2) is 4.05. The Hall–Kier alpha value is -1.10. The predicted molar refractivity (Wildman–Crippen MR) is 63.6 cm³/mol. The van der Waals surface area contributed by atoms with Crippen molar-refractivity contribution >= 4 is 15.7 Å². The van der Waals surface area contributed by atoms with Crippen molar-refractivity contribution in [3.63, 3.8) is 0 Å². The molecule has 0 amide bonds. The summed E-state index contributed by atoms with van der Waals surface area (Å²) in [6, 6.07) is 4.51. The van der Waals surface area contributed by atoms with Gasteiger partial charge in [0.25, 0.3) is 0 Å². The molecule has 0 fully saturated rings. The summed E-state index contributed by atoms with van der Waals surface area (Å²) in [5.41, 5.74) is 0.643. The van der Waals surface area contributed by atoms with Crippen LogP contribution in [0.4, 0.5) is 10.1 Å². The van der Waals surface area contributed by atoms with E-state index in [1.54, 1.807) is 6.07 Å². The first-order chi connectivity index (χ1) is 7.09. The topological polar surface area (TPSA) is 46.2 Å². The van der Waals surface area contributed by atoms with Crippen molar-refractivity contribution in [3.8, 4) is 0 Å². The Kier molecular flexibility index (Phi) is 3.28. The summed E-state index contributed by atoms with van der Waals surface area (Å²) < 4.78 is 37.6. The fraction of sp³-hybridized carbons (Fsp3) is 0.455. The van der Waals surface area contributed by atoms with Crippen LogP contribution in [0, 0.1) is 5.82 Å². The molecule has 5 heteroatoms. The van der Waals surface area contributed by atoms with Gasteiger partial charge in [0, 0.05) is 0 Å². The number of nitrogens with one attached hydrogen (secondary N) is 1. The van der Waals surface area contributed by atoms with Crippen LogP contribution in [-0.4, -0.2) is 14.7 Å². The maximum absolute atomic E-state index is 13.6. The molecule has 90 valence electrons. The van der Waals surface area contributed by atoms with Crippen LogP contribution in [0.5, 0.6) is 0 Å². The lowest BCUT2D eigenvalue weighted by Gasteiger charge is -2.19. The molecule has 1 aromatic carbocycles. The second-order valence-electron chi connectivity index (χ2n) is 4.82. The molecule has 1 N–H and O–H groups in total. The molecule has 0 unspecified atom stereocenters. The van der Waals surface area contributed by atoms with Gasteiger partial charge in [0.05, 0.1) is 11.9 Å². The van der Waals surface area contributed by atoms with Gasteiger partial charge in [-0.15, -0.1) is 0 Å². The Morgan fingerprint density at radius 3 is 2.19 bits per heavy atom. The highest BCUT2D eigenvalue weighted by molar-refractivity contribution is 7.92. The molecule has 0 aromatic heterocycles. The summed E-state index contributed by atoms with van der Waals surface area (Å²) in [5, 5.41) is 0. The van der Waals surface area contributed by atoms with Crippen molar-refractivity contribution in [2.24, 2.45) is 0 Å². The SMILES string of the molecule is CC(C)(C)c1ccc(NS(C)(=O)=O)c(F)c1. The maximum atomic E-state index is 13.6. The van der Waals surface area contributed by atoms with Gasteiger partial charge in [0.2, 0.25) is 10.0 Å². The number of anilines is 1. The van der Waals surface area contributed by atoms with Gasteiger partial charge in [-0.3, -0.25) is 4.72 Å². The van der Waals surface area contributed by atoms with E-state index < -0.39 is 15.8 Å². The van der Waals surface area contributed by atoms with Gasteiger partial charge >= 0.3 is 0 Å². The van der Waals surface area contributed by atoms with Crippen molar-refractivity contribution in [2.75, 3.05) is 11.0 Å². The van der Waals surface area contributed by atoms with E-state index in [-0.39, 0.29) is 11.1 Å². The normalized spacial score (nSPS) is 12.6. The van der Waals surface area contributed by atoms with Crippen molar-refractivity contribution in [3.05, 3.63) is 29.6 Å². The molecule has 1 rings (SSSR count). The smallest absolute Gasteiger partial charge is 0.229 e. The van der Waals surface area contributed by atoms with Crippen LogP contribution < -0.4 is 4.72 Å². The van der Waals surface area contributed by atoms with Gasteiger partial charge in [-0.25, -0.2) is 12.8 Å². The molecule has 0 bridgehead atoms. The van der Waals surface area contributed by atoms with Gasteiger partial charge in [-0.2, -0.15) is 0 Å². The number of hydrogen-bond acceptors (Lipinski definition) is 2. The summed E-state index contributed by atoms with van der Waals surface area (Å²) in [6.45, 7) is 5.89. The predicted octanol–water partition coefficient (Wildman–Crippen LogP) is 2.49. The van der Waals surface area contributed by atoms with E-state index in [0.717, 1.165) is 11.8 Å². The van der Waals surface area contributed by atoms with Crippen molar-refractivity contribution in [1.29, 1.82) is 0 Å². The first kappa shape index (κ1) is 13.0. The van der Waals surface area contributed by atoms with Crippen LogP contribution in [0.1, 0.15) is 26.3 Å². The Morgan fingerprint density at radius 1 is 1.25 bits per heavy atom. The van der Waals surface area contributed by atoms with E-state index in [0.29, 0.717) is 0 Å². The maximum Gasteiger partial charge on any atom is 0.229 e. The molecule has 1 aromatic rings. The van der Waals surface area contributed by atoms with Crippen LogP contribution >= 0.6 is 0 Å². The largest absolute Gasteiger partial charge is 0.281 e. The molecule has 0 atom stereocenters. The van der Waals surface area contributed by atoms with E-state index in [1.807, 2.05) is 20.8 Å². The Morgan fingerprint density at radius 2 is 1.81 bits per heavy atom. The molecule has 0 aliphatic heterocycles. The molecule has 0 heterocycles. The molecular formula is C11H16FNO2S. The molecule has 0 aliphatic rings. The van der Waals surface area contributed by atoms with Gasteiger partial charge in [-0.05, 0) is 23.1 Å². The Balaban J connectivity index is 3.11. The van der Waals surface area contributed by atoms with Crippen LogP contribution in [0.15, 0.2) is 18.2 Å². The third-order valence-electron chi connectivity index (χ3n) is 2.13. The Labute approximate surface area is 95.7 Å². The highest BCUT2D eigenvalue weighted by Gasteiger charge is 2.16. The van der Waals surface area contributed by atoms with Crippen molar-refractivity contribution in [2.45, 2.75) is 26.2 Å². The first-order valence-corrected chi connectivity index (χ1v) is 6.76. The minimum Gasteiger partial charge on any atom is -0.281 e. The lowest BCUT2D eigenvalue weighted by molar-refractivity contribution is 0.573. The summed E-state index contributed by atoms with van der Waals surface area (Å²) in [6.07, 6.45) is 0.990. The van der Waals surface area contributed by atoms with Gasteiger partial charge in [0.15, 0.2) is 0 Å². The van der Waals surface area contributed by atoms with Gasteiger partial charge in [-0.1, -0.05) is 26.8 Å². The van der Waals surface area contributed by atoms with E-state index in [2.05, 4.69) is 4.72 Å². The average Bonchev–Trinajstić information content (AvgIpc) is 2.04. The molecule has 0 saturated heterocycles. The summed E-state index contributed by atoms with van der Waals surface area (Å²) in [7, 11) is -3.44. The molecule has 0 saturated carbocycles. The molecule has 3 nitrogen and oxygen atoms in total. The third kappa shape index (κ3) is 3.48. The fourth-order valence-electron chi connectivity index (χ4n) is 1.26. The van der Waals surface area contributed by atoms with Crippen molar-refractivity contribution < 1.29 is 12.8 Å². The molecule has 0 spiro atoms. The molecular weight excluding hydrogens is 229 g/mol. The minimum absolute atomic E-state index is 0.0181. The summed E-state index contributed by atoms with van der Waals surface area (Å²) in [4.78, 5) is 0. The van der Waals surface area contributed by atoms with Crippen LogP contribution in [0.25, 0.3) is 0 Å². The monoisotopic (exact) mass is 245 g/mol. The highest BCUT2D eigenvalue weighted by atomic mass is 32.2. The lowest BCUT2D eigenvalue weighted by atomic mass is 9.87. The highest BCUT2D eigenvalue weighted by Crippen LogP contribution is 2.26. The third-order valence-corrected chi connectivity index (χ3v) is 2.72. The van der Waals surface area contributed by atoms with Gasteiger partial charge < -0.3 is 0 Å². The van der Waals surface area contributed by atoms with Crippen LogP contribution in [0.3, 0.4) is 0 Å². The lowest BCUT2D eigenvalue weighted by Crippen LogP contribution is -2.14.